The molecule has 19 nitrogen and oxygen atoms in total. The van der Waals surface area contributed by atoms with Crippen molar-refractivity contribution in [1.29, 1.82) is 0 Å². The molecule has 1 rings (SSSR count). The largest absolute Gasteiger partial charge is 0.463 e. The highest BCUT2D eigenvalue weighted by atomic mass is 16.8. The second-order valence-corrected chi connectivity index (χ2v) is 9.90. The van der Waals surface area contributed by atoms with Crippen LogP contribution in [0.5, 0.6) is 0 Å². The highest BCUT2D eigenvalue weighted by molar-refractivity contribution is 5.72. The van der Waals surface area contributed by atoms with Gasteiger partial charge in [-0.15, -0.1) is 0 Å². The minimum atomic E-state index is -1.97. The van der Waals surface area contributed by atoms with Crippen molar-refractivity contribution in [2.24, 2.45) is 0 Å². The molecule has 47 heavy (non-hydrogen) atoms. The smallest absolute Gasteiger partial charge is 0.303 e. The van der Waals surface area contributed by atoms with Gasteiger partial charge < -0.3 is 47.4 Å². The number of aldehydes is 1. The minimum absolute atomic E-state index is 0.0647. The van der Waals surface area contributed by atoms with Gasteiger partial charge in [0.1, 0.15) is 25.4 Å². The standard InChI is InChI=1S/C28H38O19/c1-12(30)38-10-21(41-15(4)33)24(23(42-16(5)34)20(9-29)40-14(3)32)47-28-27(45-19(8)37)26(44-18(7)36)25(43-17(6)35)22(46-28)11-39-13(2)31/h9,20-28H,10-11H2,1-8H3/t20-,21-,22+,23-,24+,25-,26+,27+,28+/m1/s1. The van der Waals surface area contributed by atoms with Crippen molar-refractivity contribution in [3.8, 4) is 0 Å². The van der Waals surface area contributed by atoms with Gasteiger partial charge in [0.2, 0.25) is 0 Å². The summed E-state index contributed by atoms with van der Waals surface area (Å²) in [6, 6.07) is 0. The van der Waals surface area contributed by atoms with E-state index in [9.17, 15) is 43.2 Å². The maximum Gasteiger partial charge on any atom is 0.303 e. The van der Waals surface area contributed by atoms with Gasteiger partial charge in [-0.2, -0.15) is 0 Å². The number of esters is 8. The first-order chi connectivity index (χ1) is 21.9. The van der Waals surface area contributed by atoms with Gasteiger partial charge in [0.05, 0.1) is 0 Å². The van der Waals surface area contributed by atoms with E-state index in [1.54, 1.807) is 0 Å². The normalized spacial score (nSPS) is 22.9. The number of hydrogen-bond acceptors (Lipinski definition) is 19. The first kappa shape index (κ1) is 40.4. The average Bonchev–Trinajstić information content (AvgIpc) is 2.92. The monoisotopic (exact) mass is 678 g/mol. The summed E-state index contributed by atoms with van der Waals surface area (Å²) < 4.78 is 53.5. The zero-order valence-electron chi connectivity index (χ0n) is 26.9. The lowest BCUT2D eigenvalue weighted by molar-refractivity contribution is -0.330. The molecule has 1 heterocycles. The summed E-state index contributed by atoms with van der Waals surface area (Å²) in [5.74, 6) is -7.62. The van der Waals surface area contributed by atoms with E-state index in [1.165, 1.54) is 0 Å². The third-order valence-corrected chi connectivity index (χ3v) is 5.76. The van der Waals surface area contributed by atoms with Gasteiger partial charge in [-0.05, 0) is 0 Å². The second kappa shape index (κ2) is 19.1. The third kappa shape index (κ3) is 14.1. The van der Waals surface area contributed by atoms with Gasteiger partial charge in [0.25, 0.3) is 0 Å². The molecule has 0 aromatic rings. The van der Waals surface area contributed by atoms with Crippen molar-refractivity contribution >= 4 is 54.0 Å². The fourth-order valence-corrected chi connectivity index (χ4v) is 4.31. The van der Waals surface area contributed by atoms with E-state index < -0.39 is 116 Å². The van der Waals surface area contributed by atoms with Crippen LogP contribution in [0.1, 0.15) is 55.4 Å². The fraction of sp³-hybridized carbons (Fsp3) is 0.679. The van der Waals surface area contributed by atoms with Gasteiger partial charge >= 0.3 is 47.8 Å². The van der Waals surface area contributed by atoms with E-state index in [0.717, 1.165) is 55.4 Å². The predicted octanol–water partition coefficient (Wildman–Crippen LogP) is -0.988. The quantitative estimate of drug-likeness (QED) is 0.108. The van der Waals surface area contributed by atoms with Crippen LogP contribution in [0.25, 0.3) is 0 Å². The highest BCUT2D eigenvalue weighted by Gasteiger charge is 2.55. The van der Waals surface area contributed by atoms with Crippen LogP contribution < -0.4 is 0 Å². The van der Waals surface area contributed by atoms with Gasteiger partial charge in [-0.25, -0.2) is 0 Å². The van der Waals surface area contributed by atoms with Crippen LogP contribution in [0.3, 0.4) is 0 Å². The van der Waals surface area contributed by atoms with E-state index in [4.69, 9.17) is 47.4 Å². The molecule has 0 aromatic carbocycles. The Morgan fingerprint density at radius 1 is 0.574 bits per heavy atom. The molecule has 19 heteroatoms. The lowest BCUT2D eigenvalue weighted by Gasteiger charge is -2.46. The maximum atomic E-state index is 12.3. The van der Waals surface area contributed by atoms with Crippen molar-refractivity contribution in [3.05, 3.63) is 0 Å². The maximum absolute atomic E-state index is 12.3. The Morgan fingerprint density at radius 2 is 1.06 bits per heavy atom. The van der Waals surface area contributed by atoms with Crippen LogP contribution in [0, 0.1) is 0 Å². The zero-order chi connectivity index (χ0) is 36.0. The SMILES string of the molecule is CC(=O)OC[C@@H]1O[C@@H](O[C@H]([C@H](OC(C)=O)[C@@H](C=O)OC(C)=O)[C@@H](COC(C)=O)OC(C)=O)[C@@H](OC(C)=O)[C@@H](OC(C)=O)[C@@H]1OC(C)=O. The van der Waals surface area contributed by atoms with Crippen LogP contribution in [0.15, 0.2) is 0 Å². The van der Waals surface area contributed by atoms with Gasteiger partial charge in [-0.3, -0.25) is 43.2 Å². The van der Waals surface area contributed by atoms with Crippen molar-refractivity contribution in [1.82, 2.24) is 0 Å². The Labute approximate surface area is 268 Å². The number of carbonyl (C=O) groups excluding carboxylic acids is 9. The Kier molecular flexibility index (Phi) is 16.4. The van der Waals surface area contributed by atoms with Gasteiger partial charge in [0, 0.05) is 55.4 Å². The van der Waals surface area contributed by atoms with Crippen LogP contribution in [0.4, 0.5) is 0 Å². The molecule has 264 valence electrons. The van der Waals surface area contributed by atoms with Crippen LogP contribution in [0.2, 0.25) is 0 Å². The summed E-state index contributed by atoms with van der Waals surface area (Å²) >= 11 is 0. The van der Waals surface area contributed by atoms with Crippen LogP contribution >= 0.6 is 0 Å². The van der Waals surface area contributed by atoms with Gasteiger partial charge in [-0.1, -0.05) is 0 Å². The summed E-state index contributed by atoms with van der Waals surface area (Å²) in [5.41, 5.74) is 0. The molecular formula is C28H38O19. The van der Waals surface area contributed by atoms with Crippen molar-refractivity contribution < 1.29 is 90.5 Å². The molecular weight excluding hydrogens is 640 g/mol. The summed E-state index contributed by atoms with van der Waals surface area (Å²) in [5, 5.41) is 0. The zero-order valence-corrected chi connectivity index (χ0v) is 26.9. The molecule has 1 aliphatic heterocycles. The van der Waals surface area contributed by atoms with Crippen molar-refractivity contribution in [2.45, 2.75) is 111 Å². The predicted molar refractivity (Wildman–Crippen MR) is 146 cm³/mol. The third-order valence-electron chi connectivity index (χ3n) is 5.76. The first-order valence-corrected chi connectivity index (χ1v) is 13.9. The van der Waals surface area contributed by atoms with Crippen molar-refractivity contribution in [2.75, 3.05) is 13.2 Å². The van der Waals surface area contributed by atoms with E-state index >= 15 is 0 Å². The molecule has 1 saturated heterocycles. The molecule has 0 amide bonds. The molecule has 0 bridgehead atoms. The fourth-order valence-electron chi connectivity index (χ4n) is 4.31. The highest BCUT2D eigenvalue weighted by Crippen LogP contribution is 2.32. The molecule has 0 unspecified atom stereocenters. The minimum Gasteiger partial charge on any atom is -0.463 e. The topological polar surface area (TPSA) is 246 Å². The molecule has 9 atom stereocenters. The molecule has 0 spiro atoms. The molecule has 0 radical (unpaired) electrons. The molecule has 1 aliphatic rings. The number of rotatable bonds is 16. The summed E-state index contributed by atoms with van der Waals surface area (Å²) in [6.07, 6.45) is -16.2. The molecule has 1 fully saturated rings. The summed E-state index contributed by atoms with van der Waals surface area (Å²) in [7, 11) is 0. The lowest BCUT2D eigenvalue weighted by atomic mass is 9.97. The van der Waals surface area contributed by atoms with E-state index in [1.807, 2.05) is 0 Å². The summed E-state index contributed by atoms with van der Waals surface area (Å²) in [6.45, 7) is 6.35. The Hall–Kier alpha value is -4.65. The second-order valence-electron chi connectivity index (χ2n) is 9.90. The number of carbonyl (C=O) groups is 9. The molecule has 0 aromatic heterocycles. The number of ether oxygens (including phenoxy) is 10. The van der Waals surface area contributed by atoms with Crippen LogP contribution in [-0.2, 0) is 90.5 Å². The van der Waals surface area contributed by atoms with Gasteiger partial charge in [0.15, 0.2) is 49.2 Å². The molecule has 0 aliphatic carbocycles. The Bertz CT molecular complexity index is 1180. The molecule has 0 saturated carbocycles. The van der Waals surface area contributed by atoms with E-state index in [2.05, 4.69) is 0 Å². The Balaban J connectivity index is 3.99. The number of hydrogen-bond donors (Lipinski definition) is 0. The first-order valence-electron chi connectivity index (χ1n) is 13.9. The van der Waals surface area contributed by atoms with E-state index in [-0.39, 0.29) is 6.29 Å². The lowest BCUT2D eigenvalue weighted by Crippen LogP contribution is -2.65. The van der Waals surface area contributed by atoms with E-state index in [0.29, 0.717) is 0 Å². The van der Waals surface area contributed by atoms with Crippen LogP contribution in [-0.4, -0.2) is 122 Å². The molecule has 0 N–H and O–H groups in total. The Morgan fingerprint density at radius 3 is 1.51 bits per heavy atom. The summed E-state index contributed by atoms with van der Waals surface area (Å²) in [4.78, 5) is 108. The van der Waals surface area contributed by atoms with Crippen molar-refractivity contribution in [3.63, 3.8) is 0 Å². The average molecular weight is 679 g/mol.